The fourth-order valence-corrected chi connectivity index (χ4v) is 1.90. The average Bonchev–Trinajstić information content (AvgIpc) is 2.50. The minimum absolute atomic E-state index is 0.194. The summed E-state index contributed by atoms with van der Waals surface area (Å²) in [6, 6.07) is 10.5. The van der Waals surface area contributed by atoms with E-state index in [-0.39, 0.29) is 11.6 Å². The fourth-order valence-electron chi connectivity index (χ4n) is 1.90. The van der Waals surface area contributed by atoms with E-state index in [1.54, 1.807) is 12.1 Å². The van der Waals surface area contributed by atoms with Crippen LogP contribution >= 0.6 is 0 Å². The predicted molar refractivity (Wildman–Crippen MR) is 77.6 cm³/mol. The summed E-state index contributed by atoms with van der Waals surface area (Å²) in [4.78, 5) is 27.1. The van der Waals surface area contributed by atoms with Crippen molar-refractivity contribution in [1.82, 2.24) is 4.98 Å². The zero-order chi connectivity index (χ0) is 16.1. The number of ketones is 1. The quantitative estimate of drug-likeness (QED) is 0.879. The molecule has 0 bridgehead atoms. The van der Waals surface area contributed by atoms with Gasteiger partial charge in [-0.15, -0.1) is 0 Å². The molecule has 0 saturated heterocycles. The Labute approximate surface area is 126 Å². The number of hydrogen-bond acceptors (Lipinski definition) is 4. The van der Waals surface area contributed by atoms with E-state index in [0.717, 1.165) is 12.3 Å². The number of nitrogens with zero attached hydrogens (tertiary/aromatic N) is 2. The van der Waals surface area contributed by atoms with Gasteiger partial charge in [0.05, 0.1) is 18.0 Å². The first-order valence-electron chi connectivity index (χ1n) is 6.44. The molecule has 5 nitrogen and oxygen atoms in total. The normalized spacial score (nSPS) is 11.3. The summed E-state index contributed by atoms with van der Waals surface area (Å²) in [7, 11) is 0. The molecule has 1 N–H and O–H groups in total. The van der Waals surface area contributed by atoms with E-state index in [1.165, 1.54) is 25.1 Å². The third kappa shape index (κ3) is 3.52. The maximum atomic E-state index is 12.9. The lowest BCUT2D eigenvalue weighted by molar-refractivity contribution is -0.114. The maximum absolute atomic E-state index is 12.9. The van der Waals surface area contributed by atoms with Crippen LogP contribution in [-0.2, 0) is 4.79 Å². The minimum atomic E-state index is -1.10. The van der Waals surface area contributed by atoms with Crippen LogP contribution in [0.25, 0.3) is 0 Å². The third-order valence-corrected chi connectivity index (χ3v) is 2.93. The second-order valence-corrected chi connectivity index (χ2v) is 4.59. The van der Waals surface area contributed by atoms with E-state index < -0.39 is 17.5 Å². The molecule has 1 aromatic heterocycles. The number of carbonyl (C=O) groups excluding carboxylic acids is 2. The van der Waals surface area contributed by atoms with Crippen molar-refractivity contribution in [3.8, 4) is 6.07 Å². The molecule has 22 heavy (non-hydrogen) atoms. The molecule has 0 saturated carbocycles. The number of benzene rings is 1. The molecule has 0 radical (unpaired) electrons. The summed E-state index contributed by atoms with van der Waals surface area (Å²) in [5.74, 6) is -2.29. The van der Waals surface area contributed by atoms with Gasteiger partial charge in [0.2, 0.25) is 5.91 Å². The summed E-state index contributed by atoms with van der Waals surface area (Å²) in [6.07, 6.45) is 0.965. The summed E-state index contributed by atoms with van der Waals surface area (Å²) >= 11 is 0. The highest BCUT2D eigenvalue weighted by Crippen LogP contribution is 2.20. The molecule has 0 aliphatic rings. The van der Waals surface area contributed by atoms with E-state index in [9.17, 15) is 19.2 Å². The molecule has 2 rings (SSSR count). The van der Waals surface area contributed by atoms with Gasteiger partial charge in [-0.1, -0.05) is 0 Å². The number of hydrogen-bond donors (Lipinski definition) is 1. The van der Waals surface area contributed by atoms with Gasteiger partial charge in [0.25, 0.3) is 0 Å². The van der Waals surface area contributed by atoms with E-state index in [4.69, 9.17) is 0 Å². The monoisotopic (exact) mass is 297 g/mol. The molecule has 0 aliphatic carbocycles. The lowest BCUT2D eigenvalue weighted by atomic mass is 9.95. The van der Waals surface area contributed by atoms with Gasteiger partial charge in [-0.2, -0.15) is 5.26 Å². The van der Waals surface area contributed by atoms with Gasteiger partial charge >= 0.3 is 0 Å². The number of amides is 1. The van der Waals surface area contributed by atoms with Crippen LogP contribution in [0.1, 0.15) is 28.9 Å². The van der Waals surface area contributed by atoms with Gasteiger partial charge in [0, 0.05) is 18.2 Å². The predicted octanol–water partition coefficient (Wildman–Crippen LogP) is 2.67. The molecule has 0 spiro atoms. The van der Waals surface area contributed by atoms with Crippen molar-refractivity contribution in [2.24, 2.45) is 0 Å². The second kappa shape index (κ2) is 6.59. The second-order valence-electron chi connectivity index (χ2n) is 4.59. The highest BCUT2D eigenvalue weighted by atomic mass is 19.1. The number of aromatic nitrogens is 1. The number of halogens is 1. The maximum Gasteiger partial charge on any atom is 0.221 e. The van der Waals surface area contributed by atoms with Gasteiger partial charge in [0.1, 0.15) is 5.82 Å². The fraction of sp³-hybridized carbons (Fsp3) is 0.125. The first-order chi connectivity index (χ1) is 10.5. The molecule has 0 aliphatic heterocycles. The summed E-state index contributed by atoms with van der Waals surface area (Å²) in [5, 5.41) is 11.8. The Morgan fingerprint density at radius 1 is 1.23 bits per heavy atom. The molecule has 2 aromatic rings. The molecular weight excluding hydrogens is 285 g/mol. The Morgan fingerprint density at radius 3 is 2.41 bits per heavy atom. The van der Waals surface area contributed by atoms with Crippen molar-refractivity contribution in [3.63, 3.8) is 0 Å². The molecule has 6 heteroatoms. The number of pyridine rings is 1. The molecule has 1 atom stereocenters. The third-order valence-electron chi connectivity index (χ3n) is 2.93. The summed E-state index contributed by atoms with van der Waals surface area (Å²) in [5.41, 5.74) is 1.06. The molecule has 1 heterocycles. The zero-order valence-electron chi connectivity index (χ0n) is 11.7. The van der Waals surface area contributed by atoms with Crippen molar-refractivity contribution in [2.45, 2.75) is 12.8 Å². The van der Waals surface area contributed by atoms with E-state index in [0.29, 0.717) is 11.3 Å². The van der Waals surface area contributed by atoms with Crippen molar-refractivity contribution in [1.29, 1.82) is 5.26 Å². The summed E-state index contributed by atoms with van der Waals surface area (Å²) < 4.78 is 12.9. The Balaban J connectivity index is 2.23. The Hall–Kier alpha value is -3.07. The molecule has 0 fully saturated rings. The topological polar surface area (TPSA) is 82.9 Å². The number of nitrogens with one attached hydrogen (secondary N) is 1. The average molecular weight is 297 g/mol. The highest BCUT2D eigenvalue weighted by Gasteiger charge is 2.23. The number of rotatable bonds is 4. The Morgan fingerprint density at radius 2 is 1.91 bits per heavy atom. The van der Waals surface area contributed by atoms with Crippen molar-refractivity contribution in [3.05, 3.63) is 59.7 Å². The molecule has 0 unspecified atom stereocenters. The van der Waals surface area contributed by atoms with Crippen LogP contribution in [0.3, 0.4) is 0 Å². The Kier molecular flexibility index (Phi) is 4.59. The number of Topliss-reactive ketones (excluding diaryl/α,β-unsaturated/α-hetero) is 1. The van der Waals surface area contributed by atoms with Gasteiger partial charge in [0.15, 0.2) is 11.7 Å². The highest BCUT2D eigenvalue weighted by molar-refractivity contribution is 6.03. The SMILES string of the molecule is CC(=O)Nc1ccc(C(=O)[C@H](C#N)c2ccc(F)cn2)cc1. The van der Waals surface area contributed by atoms with E-state index in [2.05, 4.69) is 10.3 Å². The first kappa shape index (κ1) is 15.3. The van der Waals surface area contributed by atoms with Gasteiger partial charge < -0.3 is 5.32 Å². The van der Waals surface area contributed by atoms with Crippen LogP contribution in [0, 0.1) is 17.1 Å². The number of nitriles is 1. The molecular formula is C16H12FN3O2. The smallest absolute Gasteiger partial charge is 0.221 e. The number of carbonyl (C=O) groups is 2. The van der Waals surface area contributed by atoms with Crippen LogP contribution < -0.4 is 5.32 Å². The first-order valence-corrected chi connectivity index (χ1v) is 6.44. The molecule has 1 aromatic carbocycles. The minimum Gasteiger partial charge on any atom is -0.326 e. The van der Waals surface area contributed by atoms with Crippen molar-refractivity contribution in [2.75, 3.05) is 5.32 Å². The largest absolute Gasteiger partial charge is 0.326 e. The molecule has 110 valence electrons. The van der Waals surface area contributed by atoms with Gasteiger partial charge in [-0.3, -0.25) is 14.6 Å². The standard InChI is InChI=1S/C16H12FN3O2/c1-10(21)20-13-5-2-11(3-6-13)16(22)14(8-18)15-7-4-12(17)9-19-15/h2-7,9,14H,1H3,(H,20,21)/t14-/m1/s1. The van der Waals surface area contributed by atoms with E-state index in [1.807, 2.05) is 6.07 Å². The Bertz CT molecular complexity index is 733. The zero-order valence-corrected chi connectivity index (χ0v) is 11.7. The van der Waals surface area contributed by atoms with Crippen LogP contribution in [-0.4, -0.2) is 16.7 Å². The van der Waals surface area contributed by atoms with Gasteiger partial charge in [-0.25, -0.2) is 4.39 Å². The van der Waals surface area contributed by atoms with Crippen LogP contribution in [0.2, 0.25) is 0 Å². The number of anilines is 1. The summed E-state index contributed by atoms with van der Waals surface area (Å²) in [6.45, 7) is 1.38. The van der Waals surface area contributed by atoms with E-state index >= 15 is 0 Å². The van der Waals surface area contributed by atoms with Crippen LogP contribution in [0.4, 0.5) is 10.1 Å². The van der Waals surface area contributed by atoms with Crippen molar-refractivity contribution >= 4 is 17.4 Å². The van der Waals surface area contributed by atoms with Crippen LogP contribution in [0.5, 0.6) is 0 Å². The lowest BCUT2D eigenvalue weighted by Crippen LogP contribution is -2.13. The molecule has 1 amide bonds. The van der Waals surface area contributed by atoms with Crippen LogP contribution in [0.15, 0.2) is 42.6 Å². The van der Waals surface area contributed by atoms with Gasteiger partial charge in [-0.05, 0) is 36.4 Å². The van der Waals surface area contributed by atoms with Crippen molar-refractivity contribution < 1.29 is 14.0 Å². The lowest BCUT2D eigenvalue weighted by Gasteiger charge is -2.08.